The topological polar surface area (TPSA) is 64.6 Å². The first-order valence-electron chi connectivity index (χ1n) is 6.80. The first kappa shape index (κ1) is 15.3. The lowest BCUT2D eigenvalue weighted by Gasteiger charge is -2.17. The summed E-state index contributed by atoms with van der Waals surface area (Å²) in [6.45, 7) is 0. The van der Waals surface area contributed by atoms with Gasteiger partial charge in [-0.1, -0.05) is 36.4 Å². The molecule has 5 nitrogen and oxygen atoms in total. The van der Waals surface area contributed by atoms with Gasteiger partial charge < -0.3 is 9.47 Å². The van der Waals surface area contributed by atoms with E-state index in [1.165, 1.54) is 20.3 Å². The van der Waals surface area contributed by atoms with Gasteiger partial charge in [0.1, 0.15) is 6.04 Å². The van der Waals surface area contributed by atoms with Gasteiger partial charge in [0.25, 0.3) is 0 Å². The third-order valence-corrected chi connectivity index (χ3v) is 3.64. The second-order valence-electron chi connectivity index (χ2n) is 4.91. The van der Waals surface area contributed by atoms with Crippen LogP contribution in [0, 0.1) is 5.92 Å². The molecule has 0 aliphatic carbocycles. The fourth-order valence-corrected chi connectivity index (χ4v) is 2.59. The van der Waals surface area contributed by atoms with Gasteiger partial charge >= 0.3 is 11.9 Å². The molecule has 1 saturated heterocycles. The number of nitrogens with one attached hydrogen (secondary N) is 1. The standard InChI is InChI=1S/C16H19NO4/c1-20-14(18)9-8-12-10-13(16(19)21-2)17-15(12)11-6-4-3-5-7-11/h3-9,12-13,15,17H,10H2,1-2H3/b9-8+/t12-,13-,15-/m1/s1. The van der Waals surface area contributed by atoms with Crippen molar-refractivity contribution < 1.29 is 19.1 Å². The van der Waals surface area contributed by atoms with Crippen LogP contribution in [0.25, 0.3) is 0 Å². The maximum atomic E-state index is 11.7. The second kappa shape index (κ2) is 7.04. The number of hydrogen-bond acceptors (Lipinski definition) is 5. The SMILES string of the molecule is COC(=O)/C=C/[C@@H]1C[C@H](C(=O)OC)N[C@@H]1c1ccccc1. The number of ether oxygens (including phenoxy) is 2. The average Bonchev–Trinajstić information content (AvgIpc) is 2.96. The molecule has 0 spiro atoms. The van der Waals surface area contributed by atoms with Crippen LogP contribution in [-0.2, 0) is 19.1 Å². The highest BCUT2D eigenvalue weighted by atomic mass is 16.5. The maximum Gasteiger partial charge on any atom is 0.330 e. The molecule has 5 heteroatoms. The summed E-state index contributed by atoms with van der Waals surface area (Å²) in [5.74, 6) is -0.663. The zero-order valence-electron chi connectivity index (χ0n) is 12.1. The van der Waals surface area contributed by atoms with Crippen molar-refractivity contribution in [3.8, 4) is 0 Å². The van der Waals surface area contributed by atoms with Crippen molar-refractivity contribution in [2.75, 3.05) is 14.2 Å². The van der Waals surface area contributed by atoms with Crippen molar-refractivity contribution in [3.63, 3.8) is 0 Å². The van der Waals surface area contributed by atoms with Gasteiger partial charge in [-0.2, -0.15) is 0 Å². The molecule has 1 heterocycles. The molecule has 0 aromatic heterocycles. The summed E-state index contributed by atoms with van der Waals surface area (Å²) in [5, 5.41) is 3.27. The van der Waals surface area contributed by atoms with Crippen molar-refractivity contribution in [1.29, 1.82) is 0 Å². The zero-order valence-corrected chi connectivity index (χ0v) is 12.1. The molecule has 0 bridgehead atoms. The van der Waals surface area contributed by atoms with Crippen LogP contribution < -0.4 is 5.32 Å². The minimum atomic E-state index is -0.400. The summed E-state index contributed by atoms with van der Waals surface area (Å²) in [6, 6.07) is 9.43. The van der Waals surface area contributed by atoms with Gasteiger partial charge in [-0.15, -0.1) is 0 Å². The third-order valence-electron chi connectivity index (χ3n) is 3.64. The Kier molecular flexibility index (Phi) is 5.11. The summed E-state index contributed by atoms with van der Waals surface area (Å²) in [6.07, 6.45) is 3.78. The van der Waals surface area contributed by atoms with E-state index < -0.39 is 5.97 Å². The molecule has 112 valence electrons. The van der Waals surface area contributed by atoms with Crippen LogP contribution in [0.3, 0.4) is 0 Å². The largest absolute Gasteiger partial charge is 0.468 e. The number of benzene rings is 1. The predicted molar refractivity (Wildman–Crippen MR) is 77.4 cm³/mol. The molecular formula is C16H19NO4. The van der Waals surface area contributed by atoms with Crippen LogP contribution in [0.1, 0.15) is 18.0 Å². The Morgan fingerprint density at radius 3 is 2.52 bits per heavy atom. The van der Waals surface area contributed by atoms with Gasteiger partial charge in [0.15, 0.2) is 0 Å². The van der Waals surface area contributed by atoms with Crippen molar-refractivity contribution >= 4 is 11.9 Å². The number of esters is 2. The fraction of sp³-hybridized carbons (Fsp3) is 0.375. The molecule has 0 unspecified atom stereocenters. The first-order chi connectivity index (χ1) is 10.2. The van der Waals surface area contributed by atoms with E-state index in [2.05, 4.69) is 10.1 Å². The Labute approximate surface area is 123 Å². The summed E-state index contributed by atoms with van der Waals surface area (Å²) in [7, 11) is 2.71. The van der Waals surface area contributed by atoms with Crippen LogP contribution in [0.4, 0.5) is 0 Å². The lowest BCUT2D eigenvalue weighted by atomic mass is 9.93. The van der Waals surface area contributed by atoms with E-state index in [-0.39, 0.29) is 24.0 Å². The van der Waals surface area contributed by atoms with E-state index in [1.807, 2.05) is 30.3 Å². The van der Waals surface area contributed by atoms with E-state index in [1.54, 1.807) is 6.08 Å². The molecule has 1 N–H and O–H groups in total. The average molecular weight is 289 g/mol. The molecule has 0 radical (unpaired) electrons. The van der Waals surface area contributed by atoms with E-state index in [4.69, 9.17) is 4.74 Å². The molecule has 21 heavy (non-hydrogen) atoms. The minimum Gasteiger partial charge on any atom is -0.468 e. The van der Waals surface area contributed by atoms with Gasteiger partial charge in [0.05, 0.1) is 14.2 Å². The molecule has 0 amide bonds. The lowest BCUT2D eigenvalue weighted by Crippen LogP contribution is -2.33. The third kappa shape index (κ3) is 3.70. The molecule has 2 rings (SSSR count). The van der Waals surface area contributed by atoms with Gasteiger partial charge in [0.2, 0.25) is 0 Å². The number of hydrogen-bond donors (Lipinski definition) is 1. The van der Waals surface area contributed by atoms with E-state index in [9.17, 15) is 9.59 Å². The Morgan fingerprint density at radius 1 is 1.19 bits per heavy atom. The summed E-state index contributed by atoms with van der Waals surface area (Å²) in [5.41, 5.74) is 1.07. The molecule has 1 aliphatic heterocycles. The Morgan fingerprint density at radius 2 is 1.90 bits per heavy atom. The normalized spacial score (nSPS) is 25.0. The van der Waals surface area contributed by atoms with Crippen molar-refractivity contribution in [2.45, 2.75) is 18.5 Å². The van der Waals surface area contributed by atoms with Crippen LogP contribution in [0.2, 0.25) is 0 Å². The Hall–Kier alpha value is -2.14. The van der Waals surface area contributed by atoms with Crippen molar-refractivity contribution in [3.05, 3.63) is 48.0 Å². The van der Waals surface area contributed by atoms with Crippen molar-refractivity contribution in [1.82, 2.24) is 5.32 Å². The van der Waals surface area contributed by atoms with Crippen LogP contribution in [-0.4, -0.2) is 32.2 Å². The molecule has 1 aromatic rings. The van der Waals surface area contributed by atoms with E-state index in [0.29, 0.717) is 6.42 Å². The molecule has 1 aromatic carbocycles. The summed E-state index contributed by atoms with van der Waals surface area (Å²) < 4.78 is 9.40. The highest BCUT2D eigenvalue weighted by Gasteiger charge is 2.37. The van der Waals surface area contributed by atoms with Crippen LogP contribution in [0.15, 0.2) is 42.5 Å². The Bertz CT molecular complexity index is 526. The number of methoxy groups -OCH3 is 2. The molecule has 3 atom stereocenters. The zero-order chi connectivity index (χ0) is 15.2. The van der Waals surface area contributed by atoms with Gasteiger partial charge in [-0.05, 0) is 17.9 Å². The van der Waals surface area contributed by atoms with Crippen LogP contribution in [0.5, 0.6) is 0 Å². The minimum absolute atomic E-state index is 0.0237. The smallest absolute Gasteiger partial charge is 0.330 e. The number of rotatable bonds is 4. The maximum absolute atomic E-state index is 11.7. The highest BCUT2D eigenvalue weighted by molar-refractivity contribution is 5.82. The molecule has 1 aliphatic rings. The number of carbonyl (C=O) groups is 2. The monoisotopic (exact) mass is 289 g/mol. The first-order valence-corrected chi connectivity index (χ1v) is 6.80. The number of carbonyl (C=O) groups excluding carboxylic acids is 2. The van der Waals surface area contributed by atoms with Gasteiger partial charge in [-0.3, -0.25) is 10.1 Å². The molecule has 0 saturated carbocycles. The van der Waals surface area contributed by atoms with E-state index in [0.717, 1.165) is 5.56 Å². The van der Waals surface area contributed by atoms with E-state index >= 15 is 0 Å². The second-order valence-corrected chi connectivity index (χ2v) is 4.91. The van der Waals surface area contributed by atoms with Gasteiger partial charge in [0, 0.05) is 12.1 Å². The van der Waals surface area contributed by atoms with Crippen molar-refractivity contribution in [2.24, 2.45) is 5.92 Å². The highest BCUT2D eigenvalue weighted by Crippen LogP contribution is 2.34. The quantitative estimate of drug-likeness (QED) is 0.674. The summed E-state index contributed by atoms with van der Waals surface area (Å²) in [4.78, 5) is 23.0. The molecular weight excluding hydrogens is 270 g/mol. The predicted octanol–water partition coefficient (Wildman–Crippen LogP) is 1.61. The molecule has 1 fully saturated rings. The van der Waals surface area contributed by atoms with Crippen LogP contribution >= 0.6 is 0 Å². The fourth-order valence-electron chi connectivity index (χ4n) is 2.59. The van der Waals surface area contributed by atoms with Gasteiger partial charge in [-0.25, -0.2) is 4.79 Å². The Balaban J connectivity index is 2.19. The summed E-state index contributed by atoms with van der Waals surface area (Å²) >= 11 is 0. The lowest BCUT2D eigenvalue weighted by molar-refractivity contribution is -0.142.